The van der Waals surface area contributed by atoms with E-state index < -0.39 is 12.0 Å². The molecule has 0 radical (unpaired) electrons. The summed E-state index contributed by atoms with van der Waals surface area (Å²) in [6.07, 6.45) is 3.26. The van der Waals surface area contributed by atoms with Crippen LogP contribution in [0, 0.1) is 0 Å². The van der Waals surface area contributed by atoms with Crippen LogP contribution >= 0.6 is 11.3 Å². The molecule has 3 aromatic rings. The van der Waals surface area contributed by atoms with E-state index in [1.165, 1.54) is 22.0 Å². The van der Waals surface area contributed by atoms with Crippen LogP contribution in [-0.2, 0) is 9.53 Å². The lowest BCUT2D eigenvalue weighted by Gasteiger charge is -2.24. The molecule has 0 N–H and O–H groups in total. The third kappa shape index (κ3) is 4.70. The standard InChI is InChI=1S/C27H26N2O6S/c1-6-13-35-26(31)23-16(2)28-27-29(24(23)18-8-10-19(32-3)11-9-18)25(30)22(36-27)15-17-7-12-20(33-4)21(14-17)34-5/h6-12,14-15,24H,1,13H2,2-5H3. The molecule has 1 aromatic heterocycles. The number of carbonyl (C=O) groups is 1. The number of hydrogen-bond acceptors (Lipinski definition) is 8. The lowest BCUT2D eigenvalue weighted by Crippen LogP contribution is -2.39. The predicted molar refractivity (Wildman–Crippen MR) is 137 cm³/mol. The molecular weight excluding hydrogens is 480 g/mol. The summed E-state index contributed by atoms with van der Waals surface area (Å²) < 4.78 is 23.3. The zero-order chi connectivity index (χ0) is 25.8. The summed E-state index contributed by atoms with van der Waals surface area (Å²) in [4.78, 5) is 31.9. The third-order valence-corrected chi connectivity index (χ3v) is 6.69. The van der Waals surface area contributed by atoms with Crippen molar-refractivity contribution >= 4 is 23.4 Å². The Morgan fingerprint density at radius 2 is 1.81 bits per heavy atom. The van der Waals surface area contributed by atoms with E-state index in [2.05, 4.69) is 11.6 Å². The summed E-state index contributed by atoms with van der Waals surface area (Å²) in [5.74, 6) is 1.26. The zero-order valence-corrected chi connectivity index (χ0v) is 21.3. The summed E-state index contributed by atoms with van der Waals surface area (Å²) >= 11 is 1.25. The zero-order valence-electron chi connectivity index (χ0n) is 20.4. The number of thiazole rings is 1. The van der Waals surface area contributed by atoms with Gasteiger partial charge in [0.1, 0.15) is 12.4 Å². The number of nitrogens with zero attached hydrogens (tertiary/aromatic N) is 2. The molecule has 9 heteroatoms. The Morgan fingerprint density at radius 3 is 2.44 bits per heavy atom. The van der Waals surface area contributed by atoms with Crippen LogP contribution in [0.2, 0.25) is 0 Å². The number of hydrogen-bond donors (Lipinski definition) is 0. The van der Waals surface area contributed by atoms with Crippen molar-refractivity contribution in [2.45, 2.75) is 13.0 Å². The molecule has 1 aliphatic heterocycles. The molecule has 0 fully saturated rings. The van der Waals surface area contributed by atoms with Crippen LogP contribution in [0.25, 0.3) is 6.08 Å². The van der Waals surface area contributed by atoms with E-state index >= 15 is 0 Å². The van der Waals surface area contributed by atoms with Gasteiger partial charge in [-0.25, -0.2) is 9.79 Å². The molecule has 2 aromatic carbocycles. The van der Waals surface area contributed by atoms with Gasteiger partial charge in [-0.2, -0.15) is 0 Å². The summed E-state index contributed by atoms with van der Waals surface area (Å²) in [6.45, 7) is 5.40. The summed E-state index contributed by atoms with van der Waals surface area (Å²) in [7, 11) is 4.70. The van der Waals surface area contributed by atoms with Crippen molar-refractivity contribution in [2.24, 2.45) is 4.99 Å². The summed E-state index contributed by atoms with van der Waals surface area (Å²) in [6, 6.07) is 11.9. The molecule has 4 rings (SSSR count). The number of carbonyl (C=O) groups excluding carboxylic acids is 1. The molecule has 0 saturated heterocycles. The number of esters is 1. The number of ether oxygens (including phenoxy) is 4. The topological polar surface area (TPSA) is 88.4 Å². The Kier molecular flexibility index (Phi) is 7.40. The van der Waals surface area contributed by atoms with Crippen LogP contribution < -0.4 is 29.1 Å². The molecule has 1 aliphatic rings. The van der Waals surface area contributed by atoms with E-state index in [1.54, 1.807) is 58.6 Å². The first-order valence-corrected chi connectivity index (χ1v) is 11.9. The van der Waals surface area contributed by atoms with Gasteiger partial charge in [-0.15, -0.1) is 0 Å². The van der Waals surface area contributed by atoms with Gasteiger partial charge in [0.15, 0.2) is 16.3 Å². The lowest BCUT2D eigenvalue weighted by atomic mass is 9.96. The Bertz CT molecular complexity index is 1520. The second-order valence-corrected chi connectivity index (χ2v) is 8.87. The fraction of sp³-hybridized carbons (Fsp3) is 0.222. The molecule has 0 saturated carbocycles. The number of allylic oxidation sites excluding steroid dienone is 1. The normalized spacial score (nSPS) is 15.1. The van der Waals surface area contributed by atoms with Crippen molar-refractivity contribution in [1.82, 2.24) is 4.57 Å². The Hall–Kier alpha value is -4.11. The molecular formula is C27H26N2O6S. The van der Waals surface area contributed by atoms with E-state index in [0.717, 1.165) is 11.1 Å². The highest BCUT2D eigenvalue weighted by Crippen LogP contribution is 2.32. The van der Waals surface area contributed by atoms with Gasteiger partial charge in [0, 0.05) is 0 Å². The average molecular weight is 507 g/mol. The van der Waals surface area contributed by atoms with Crippen LogP contribution in [0.3, 0.4) is 0 Å². The highest BCUT2D eigenvalue weighted by molar-refractivity contribution is 7.07. The second kappa shape index (κ2) is 10.7. The van der Waals surface area contributed by atoms with Gasteiger partial charge in [0.25, 0.3) is 5.56 Å². The van der Waals surface area contributed by atoms with Crippen molar-refractivity contribution in [3.8, 4) is 17.2 Å². The van der Waals surface area contributed by atoms with Crippen LogP contribution in [0.5, 0.6) is 17.2 Å². The third-order valence-electron chi connectivity index (χ3n) is 5.71. The average Bonchev–Trinajstić information content (AvgIpc) is 3.20. The predicted octanol–water partition coefficient (Wildman–Crippen LogP) is 2.99. The number of rotatable bonds is 8. The fourth-order valence-corrected chi connectivity index (χ4v) is 5.04. The number of aromatic nitrogens is 1. The molecule has 0 bridgehead atoms. The maximum Gasteiger partial charge on any atom is 0.338 e. The van der Waals surface area contributed by atoms with Gasteiger partial charge < -0.3 is 18.9 Å². The maximum atomic E-state index is 13.7. The Labute approximate surface area is 212 Å². The molecule has 8 nitrogen and oxygen atoms in total. The minimum atomic E-state index is -0.711. The Balaban J connectivity index is 1.90. The lowest BCUT2D eigenvalue weighted by molar-refractivity contribution is -0.138. The molecule has 36 heavy (non-hydrogen) atoms. The van der Waals surface area contributed by atoms with Gasteiger partial charge in [0.2, 0.25) is 0 Å². The first-order chi connectivity index (χ1) is 17.4. The molecule has 1 atom stereocenters. The van der Waals surface area contributed by atoms with Crippen LogP contribution in [0.4, 0.5) is 0 Å². The van der Waals surface area contributed by atoms with Gasteiger partial charge in [-0.1, -0.05) is 42.2 Å². The molecule has 1 unspecified atom stereocenters. The van der Waals surface area contributed by atoms with Crippen molar-refractivity contribution < 1.29 is 23.7 Å². The largest absolute Gasteiger partial charge is 0.497 e. The smallest absolute Gasteiger partial charge is 0.338 e. The van der Waals surface area contributed by atoms with Crippen molar-refractivity contribution in [1.29, 1.82) is 0 Å². The highest BCUT2D eigenvalue weighted by atomic mass is 32.1. The summed E-state index contributed by atoms with van der Waals surface area (Å²) in [5, 5.41) is 0. The minimum absolute atomic E-state index is 0.0503. The fourth-order valence-electron chi connectivity index (χ4n) is 3.99. The molecule has 0 aliphatic carbocycles. The van der Waals surface area contributed by atoms with E-state index in [9.17, 15) is 9.59 Å². The van der Waals surface area contributed by atoms with Gasteiger partial charge in [-0.3, -0.25) is 9.36 Å². The van der Waals surface area contributed by atoms with E-state index in [0.29, 0.717) is 37.9 Å². The van der Waals surface area contributed by atoms with Gasteiger partial charge in [0.05, 0.1) is 43.2 Å². The number of fused-ring (bicyclic) bond motifs is 1. The van der Waals surface area contributed by atoms with Crippen LogP contribution in [0.15, 0.2) is 76.2 Å². The maximum absolute atomic E-state index is 13.7. The van der Waals surface area contributed by atoms with Gasteiger partial charge >= 0.3 is 5.97 Å². The van der Waals surface area contributed by atoms with Crippen LogP contribution in [-0.4, -0.2) is 38.5 Å². The van der Waals surface area contributed by atoms with Gasteiger partial charge in [-0.05, 0) is 48.4 Å². The SMILES string of the molecule is C=CCOC(=O)C1=C(C)N=c2sc(=Cc3ccc(OC)c(OC)c3)c(=O)n2C1c1ccc(OC)cc1. The Morgan fingerprint density at radius 1 is 1.08 bits per heavy atom. The van der Waals surface area contributed by atoms with E-state index in [1.807, 2.05) is 18.2 Å². The number of benzene rings is 2. The minimum Gasteiger partial charge on any atom is -0.497 e. The quantitative estimate of drug-likeness (QED) is 0.345. The molecule has 2 heterocycles. The highest BCUT2D eigenvalue weighted by Gasteiger charge is 2.33. The van der Waals surface area contributed by atoms with Crippen molar-refractivity contribution in [2.75, 3.05) is 27.9 Å². The first-order valence-electron chi connectivity index (χ1n) is 11.1. The number of methoxy groups -OCH3 is 3. The monoisotopic (exact) mass is 506 g/mol. The first kappa shape index (κ1) is 25.0. The van der Waals surface area contributed by atoms with E-state index in [-0.39, 0.29) is 12.2 Å². The molecule has 186 valence electrons. The van der Waals surface area contributed by atoms with Crippen molar-refractivity contribution in [3.05, 3.63) is 97.2 Å². The molecule has 0 amide bonds. The summed E-state index contributed by atoms with van der Waals surface area (Å²) in [5.41, 5.74) is 2.02. The molecule has 0 spiro atoms. The van der Waals surface area contributed by atoms with Crippen molar-refractivity contribution in [3.63, 3.8) is 0 Å². The van der Waals surface area contributed by atoms with Crippen LogP contribution in [0.1, 0.15) is 24.1 Å². The second-order valence-electron chi connectivity index (χ2n) is 7.86. The van der Waals surface area contributed by atoms with E-state index in [4.69, 9.17) is 18.9 Å².